The van der Waals surface area contributed by atoms with Gasteiger partial charge in [-0.05, 0) is 148 Å². The number of ketones is 2. The average Bonchev–Trinajstić information content (AvgIpc) is 1.72. The molecule has 0 aliphatic heterocycles. The molecule has 0 radical (unpaired) electrons. The lowest BCUT2D eigenvalue weighted by atomic mass is 10.0. The zero-order valence-electron chi connectivity index (χ0n) is 50.6. The van der Waals surface area contributed by atoms with Gasteiger partial charge in [0.15, 0.2) is 11.6 Å². The second-order valence-corrected chi connectivity index (χ2v) is 22.7. The summed E-state index contributed by atoms with van der Waals surface area (Å²) in [6, 6.07) is 25.6. The molecule has 0 fully saturated rings. The van der Waals surface area contributed by atoms with E-state index in [-0.39, 0.29) is 22.6 Å². The Morgan fingerprint density at radius 2 is 1.02 bits per heavy atom. The van der Waals surface area contributed by atoms with Gasteiger partial charge in [0.05, 0.1) is 22.4 Å². The Hall–Kier alpha value is -10.4. The molecule has 478 valence electrons. The molecule has 8 aromatic heterocycles. The summed E-state index contributed by atoms with van der Waals surface area (Å²) in [6.45, 7) is 7.16. The van der Waals surface area contributed by atoms with E-state index in [1.807, 2.05) is 69.4 Å². The molecule has 25 heteroatoms. The maximum absolute atomic E-state index is 14.6. The quantitative estimate of drug-likeness (QED) is 0.0254. The van der Waals surface area contributed by atoms with Crippen molar-refractivity contribution < 1.29 is 47.0 Å². The highest BCUT2D eigenvalue weighted by molar-refractivity contribution is 9.10. The summed E-state index contributed by atoms with van der Waals surface area (Å²) >= 11 is 6.70. The van der Waals surface area contributed by atoms with Crippen LogP contribution < -0.4 is 26.6 Å². The van der Waals surface area contributed by atoms with Crippen molar-refractivity contribution in [1.82, 2.24) is 50.5 Å². The van der Waals surface area contributed by atoms with E-state index in [4.69, 9.17) is 5.11 Å². The van der Waals surface area contributed by atoms with E-state index in [9.17, 15) is 41.9 Å². The monoisotopic (exact) mass is 1390 g/mol. The summed E-state index contributed by atoms with van der Waals surface area (Å²) in [5.74, 6) is -4.72. The summed E-state index contributed by atoms with van der Waals surface area (Å²) in [4.78, 5) is 103. The Morgan fingerprint density at radius 3 is 1.56 bits per heavy atom. The van der Waals surface area contributed by atoms with Crippen molar-refractivity contribution in [2.75, 3.05) is 29.0 Å². The third kappa shape index (κ3) is 19.1. The van der Waals surface area contributed by atoms with Crippen molar-refractivity contribution in [3.8, 4) is 22.4 Å². The van der Waals surface area contributed by atoms with Crippen LogP contribution in [-0.2, 0) is 4.79 Å². The lowest BCUT2D eigenvalue weighted by molar-refractivity contribution is -0.116. The number of anilines is 3. The molecular weight excluding hydrogens is 1330 g/mol. The molecule has 0 aliphatic rings. The van der Waals surface area contributed by atoms with Crippen molar-refractivity contribution in [3.05, 3.63) is 213 Å². The minimum atomic E-state index is -1.35. The number of hydrogen-bond acceptors (Lipinski definition) is 11. The number of nitrogens with zero attached hydrogens (tertiary/aromatic N) is 5. The topological polar surface area (TPSA) is 295 Å². The van der Waals surface area contributed by atoms with Gasteiger partial charge in [0.2, 0.25) is 5.91 Å². The van der Waals surface area contributed by atoms with Crippen molar-refractivity contribution in [2.24, 2.45) is 0 Å². The number of carboxylic acids is 1. The zero-order valence-corrected chi connectivity index (χ0v) is 53.8. The SMILES string of the molecule is Brc1cnc2[nH]ccc2c1.CCCCCC(=O)Nc1ccc(F)c(C(=O)O)c1.CCCCNC(=O)Nc1ccc(F)c(C(=O)c2c[nH]c3ncc(-c4ccc(Br)cn4)cc23)c1.CCCCNC(=O)Nc1ccc(F)c(C(=O)c2c[nH]c3ncc(-c4cccnc4)cc23)c1. The van der Waals surface area contributed by atoms with Crippen LogP contribution in [0.15, 0.2) is 168 Å². The smallest absolute Gasteiger partial charge is 0.338 e. The fourth-order valence-corrected chi connectivity index (χ4v) is 9.74. The number of hydrogen-bond donors (Lipinski definition) is 9. The molecule has 0 bridgehead atoms. The predicted octanol–water partition coefficient (Wildman–Crippen LogP) is 16.0. The highest BCUT2D eigenvalue weighted by atomic mass is 79.9. The number of urea groups is 2. The number of carbonyl (C=O) groups is 6. The number of pyridine rings is 5. The molecule has 20 nitrogen and oxygen atoms in total. The standard InChI is InChI=1S/C24H21BrFN5O2.C24H22FN5O2.C13H16FNO3.C7H5BrN2/c1-2-3-8-27-24(33)31-16-5-6-20(26)18(10-16)22(32)19-13-30-23-17(19)9-14(11-29-23)21-7-4-15(25)12-28-21;1-2-3-9-27-24(32)30-17-6-7-21(25)19(11-17)22(31)20-14-29-23-18(20)10-16(13-28-23)15-5-4-8-26-12-15;1-2-3-4-5-12(16)15-9-6-7-11(14)10(8-9)13(17)18;8-6-3-5-1-2-9-7(5)10-4-6/h4-7,9-13H,2-3,8H2,1H3,(H,29,30)(H2,27,31,33);4-8,10-14H,2-3,9H2,1H3,(H,28,29)(H2,27,30,32);6-8H,2-5H2,1H3,(H,15,16)(H,17,18);1-4H,(H,9,10). The largest absolute Gasteiger partial charge is 0.478 e. The van der Waals surface area contributed by atoms with Gasteiger partial charge in [-0.15, -0.1) is 0 Å². The van der Waals surface area contributed by atoms with Crippen LogP contribution in [0, 0.1) is 17.5 Å². The van der Waals surface area contributed by atoms with Crippen LogP contribution in [0.2, 0.25) is 0 Å². The number of aromatic amines is 3. The van der Waals surface area contributed by atoms with Crippen molar-refractivity contribution in [1.29, 1.82) is 0 Å². The molecule has 0 saturated heterocycles. The summed E-state index contributed by atoms with van der Waals surface area (Å²) in [5.41, 5.74) is 5.83. The number of nitrogens with one attached hydrogen (secondary N) is 8. The number of rotatable bonds is 20. The van der Waals surface area contributed by atoms with E-state index in [1.54, 1.807) is 43.2 Å². The molecule has 0 spiro atoms. The van der Waals surface area contributed by atoms with E-state index < -0.39 is 52.6 Å². The first-order valence-electron chi connectivity index (χ1n) is 29.6. The molecule has 11 rings (SSSR count). The van der Waals surface area contributed by atoms with Gasteiger partial charge >= 0.3 is 18.0 Å². The van der Waals surface area contributed by atoms with Crippen LogP contribution in [0.5, 0.6) is 0 Å². The molecule has 11 aromatic rings. The van der Waals surface area contributed by atoms with E-state index >= 15 is 0 Å². The first-order chi connectivity index (χ1) is 44.9. The Morgan fingerprint density at radius 1 is 0.495 bits per heavy atom. The van der Waals surface area contributed by atoms with Crippen LogP contribution in [0.4, 0.5) is 39.8 Å². The van der Waals surface area contributed by atoms with Gasteiger partial charge in [0.25, 0.3) is 0 Å². The molecule has 5 amide bonds. The number of fused-ring (bicyclic) bond motifs is 3. The Kier molecular flexibility index (Phi) is 24.8. The predicted molar refractivity (Wildman–Crippen MR) is 360 cm³/mol. The Balaban J connectivity index is 0.000000172. The molecule has 0 aliphatic carbocycles. The van der Waals surface area contributed by atoms with E-state index in [2.05, 4.69) is 98.3 Å². The van der Waals surface area contributed by atoms with Crippen LogP contribution in [-0.4, -0.2) is 93.6 Å². The summed E-state index contributed by atoms with van der Waals surface area (Å²) in [5, 5.41) is 24.3. The van der Waals surface area contributed by atoms with Crippen molar-refractivity contribution in [2.45, 2.75) is 72.1 Å². The summed E-state index contributed by atoms with van der Waals surface area (Å²) in [6.07, 6.45) is 21.9. The second-order valence-electron chi connectivity index (χ2n) is 20.8. The van der Waals surface area contributed by atoms with Crippen LogP contribution in [0.1, 0.15) is 114 Å². The van der Waals surface area contributed by atoms with Crippen LogP contribution in [0.25, 0.3) is 55.5 Å². The molecule has 3 aromatic carbocycles. The Bertz CT molecular complexity index is 4430. The minimum absolute atomic E-state index is 0.135. The van der Waals surface area contributed by atoms with Gasteiger partial charge in [-0.2, -0.15) is 0 Å². The molecule has 8 heterocycles. The van der Waals surface area contributed by atoms with Gasteiger partial charge in [0, 0.05) is 145 Å². The van der Waals surface area contributed by atoms with E-state index in [1.165, 1.54) is 54.9 Å². The third-order valence-corrected chi connectivity index (χ3v) is 14.9. The number of benzene rings is 3. The fourth-order valence-electron chi connectivity index (χ4n) is 9.15. The molecule has 0 saturated carbocycles. The lowest BCUT2D eigenvalue weighted by Crippen LogP contribution is -2.29. The van der Waals surface area contributed by atoms with Gasteiger partial charge in [0.1, 0.15) is 34.4 Å². The number of aromatic nitrogens is 8. The van der Waals surface area contributed by atoms with Crippen LogP contribution >= 0.6 is 31.9 Å². The summed E-state index contributed by atoms with van der Waals surface area (Å²) in [7, 11) is 0. The number of halogens is 5. The highest BCUT2D eigenvalue weighted by Crippen LogP contribution is 2.30. The first-order valence-corrected chi connectivity index (χ1v) is 31.2. The van der Waals surface area contributed by atoms with Crippen molar-refractivity contribution in [3.63, 3.8) is 0 Å². The molecule has 0 atom stereocenters. The molecule has 93 heavy (non-hydrogen) atoms. The number of H-pyrrole nitrogens is 3. The zero-order chi connectivity index (χ0) is 66.4. The number of amides is 5. The Labute approximate surface area is 548 Å². The first kappa shape index (κ1) is 68.5. The van der Waals surface area contributed by atoms with Gasteiger partial charge in [-0.25, -0.2) is 42.5 Å². The highest BCUT2D eigenvalue weighted by Gasteiger charge is 2.22. The average molecular weight is 1390 g/mol. The minimum Gasteiger partial charge on any atom is -0.478 e. The molecule has 0 unspecified atom stereocenters. The van der Waals surface area contributed by atoms with E-state index in [0.717, 1.165) is 93.7 Å². The fraction of sp³-hybridized carbons (Fsp3) is 0.191. The molecule has 9 N–H and O–H groups in total. The number of unbranched alkanes of at least 4 members (excludes halogenated alkanes) is 4. The third-order valence-electron chi connectivity index (χ3n) is 14.0. The van der Waals surface area contributed by atoms with Gasteiger partial charge < -0.3 is 46.6 Å². The maximum atomic E-state index is 14.6. The number of carbonyl (C=O) groups excluding carboxylic acids is 5. The lowest BCUT2D eigenvalue weighted by Gasteiger charge is -2.09. The maximum Gasteiger partial charge on any atom is 0.338 e. The van der Waals surface area contributed by atoms with Gasteiger partial charge in [-0.3, -0.25) is 24.4 Å². The normalized spacial score (nSPS) is 10.7. The van der Waals surface area contributed by atoms with Crippen molar-refractivity contribution >= 4 is 118 Å². The van der Waals surface area contributed by atoms with Gasteiger partial charge in [-0.1, -0.05) is 52.5 Å². The number of aromatic carboxylic acids is 1. The van der Waals surface area contributed by atoms with Crippen LogP contribution in [0.3, 0.4) is 0 Å². The second kappa shape index (κ2) is 33.6. The molecular formula is C68H64Br2F3N13O7. The number of carboxylic acid groups (broad SMARTS) is 1. The summed E-state index contributed by atoms with van der Waals surface area (Å²) < 4.78 is 44.1. The van der Waals surface area contributed by atoms with E-state index in [0.29, 0.717) is 69.9 Å².